The molecule has 3 heteroatoms. The van der Waals surface area contributed by atoms with Crippen LogP contribution in [0.25, 0.3) is 0 Å². The number of halogens is 1. The highest BCUT2D eigenvalue weighted by Crippen LogP contribution is 2.37. The molecule has 1 aliphatic heterocycles. The Morgan fingerprint density at radius 1 is 1.14 bits per heavy atom. The zero-order valence-corrected chi connectivity index (χ0v) is 13.8. The molecule has 1 aliphatic carbocycles. The van der Waals surface area contributed by atoms with E-state index in [0.29, 0.717) is 12.1 Å². The molecule has 2 aliphatic rings. The summed E-state index contributed by atoms with van der Waals surface area (Å²) in [6.45, 7) is 6.09. The van der Waals surface area contributed by atoms with Crippen molar-refractivity contribution in [3.8, 4) is 0 Å². The molecule has 116 valence electrons. The summed E-state index contributed by atoms with van der Waals surface area (Å²) in [5, 5.41) is 4.60. The first-order chi connectivity index (χ1) is 10.2. The second kappa shape index (κ2) is 7.13. The Bertz CT molecular complexity index is 433. The van der Waals surface area contributed by atoms with E-state index in [2.05, 4.69) is 29.3 Å². The molecule has 0 aromatic heterocycles. The Balaban J connectivity index is 1.37. The molecule has 0 spiro atoms. The van der Waals surface area contributed by atoms with Gasteiger partial charge in [0.25, 0.3) is 0 Å². The fraction of sp³-hybridized carbons (Fsp3) is 0.667. The van der Waals surface area contributed by atoms with Crippen LogP contribution in [0.15, 0.2) is 24.3 Å². The third-order valence-electron chi connectivity index (χ3n) is 5.20. The number of piperidine rings is 1. The molecule has 1 aromatic rings. The van der Waals surface area contributed by atoms with Gasteiger partial charge in [-0.25, -0.2) is 0 Å². The summed E-state index contributed by atoms with van der Waals surface area (Å²) in [6.07, 6.45) is 6.73. The Morgan fingerprint density at radius 3 is 2.48 bits per heavy atom. The summed E-state index contributed by atoms with van der Waals surface area (Å²) in [6, 6.07) is 9.77. The Hall–Kier alpha value is -0.570. The number of hydrogen-bond donors (Lipinski definition) is 1. The van der Waals surface area contributed by atoms with Gasteiger partial charge in [0.1, 0.15) is 0 Å². The van der Waals surface area contributed by atoms with E-state index < -0.39 is 0 Å². The van der Waals surface area contributed by atoms with E-state index in [9.17, 15) is 0 Å². The van der Waals surface area contributed by atoms with Crippen molar-refractivity contribution in [3.05, 3.63) is 34.9 Å². The topological polar surface area (TPSA) is 15.3 Å². The highest BCUT2D eigenvalue weighted by Gasteiger charge is 2.30. The molecule has 2 nitrogen and oxygen atoms in total. The standard InChI is InChI=1S/C18H27ClN2/c1-14(21-9-3-2-4-10-21)13-20-18-11-16(12-18)15-5-7-17(19)8-6-15/h5-8,14,16,18,20H,2-4,9-13H2,1H3. The maximum absolute atomic E-state index is 5.95. The third-order valence-corrected chi connectivity index (χ3v) is 5.45. The van der Waals surface area contributed by atoms with Crippen molar-refractivity contribution in [2.45, 2.75) is 57.0 Å². The largest absolute Gasteiger partial charge is 0.312 e. The summed E-state index contributed by atoms with van der Waals surface area (Å²) in [5.74, 6) is 0.727. The van der Waals surface area contributed by atoms with Gasteiger partial charge in [0, 0.05) is 23.7 Å². The Kier molecular flexibility index (Phi) is 5.20. The summed E-state index contributed by atoms with van der Waals surface area (Å²) in [4.78, 5) is 2.64. The number of likely N-dealkylation sites (tertiary alicyclic amines) is 1. The van der Waals surface area contributed by atoms with Crippen molar-refractivity contribution in [3.63, 3.8) is 0 Å². The van der Waals surface area contributed by atoms with Crippen molar-refractivity contribution >= 4 is 11.6 Å². The van der Waals surface area contributed by atoms with Gasteiger partial charge in [-0.1, -0.05) is 30.2 Å². The van der Waals surface area contributed by atoms with E-state index in [1.165, 1.54) is 50.8 Å². The quantitative estimate of drug-likeness (QED) is 0.883. The lowest BCUT2D eigenvalue weighted by molar-refractivity contribution is 0.160. The van der Waals surface area contributed by atoms with Crippen molar-refractivity contribution < 1.29 is 0 Å². The number of nitrogens with one attached hydrogen (secondary N) is 1. The average Bonchev–Trinajstić information content (AvgIpc) is 2.48. The van der Waals surface area contributed by atoms with Gasteiger partial charge in [0.15, 0.2) is 0 Å². The highest BCUT2D eigenvalue weighted by atomic mass is 35.5. The van der Waals surface area contributed by atoms with Gasteiger partial charge in [0.2, 0.25) is 0 Å². The molecule has 1 heterocycles. The molecule has 1 saturated heterocycles. The van der Waals surface area contributed by atoms with Crippen LogP contribution in [0, 0.1) is 0 Å². The number of rotatable bonds is 5. The predicted molar refractivity (Wildman–Crippen MR) is 90.1 cm³/mol. The minimum Gasteiger partial charge on any atom is -0.312 e. The molecule has 0 amide bonds. The molecular weight excluding hydrogens is 280 g/mol. The van der Waals surface area contributed by atoms with Gasteiger partial charge < -0.3 is 5.32 Å². The molecule has 3 rings (SSSR count). The smallest absolute Gasteiger partial charge is 0.0406 e. The van der Waals surface area contributed by atoms with Crippen LogP contribution in [0.4, 0.5) is 0 Å². The Labute approximate surface area is 133 Å². The van der Waals surface area contributed by atoms with Gasteiger partial charge in [-0.3, -0.25) is 4.90 Å². The predicted octanol–water partition coefficient (Wildman–Crippen LogP) is 4.05. The minimum atomic E-state index is 0.680. The first-order valence-electron chi connectivity index (χ1n) is 8.45. The Morgan fingerprint density at radius 2 is 1.81 bits per heavy atom. The molecule has 1 atom stereocenters. The normalized spacial score (nSPS) is 28.1. The summed E-state index contributed by atoms with van der Waals surface area (Å²) < 4.78 is 0. The second-order valence-corrected chi connectivity index (χ2v) is 7.21. The lowest BCUT2D eigenvalue weighted by Crippen LogP contribution is -2.48. The monoisotopic (exact) mass is 306 g/mol. The summed E-state index contributed by atoms with van der Waals surface area (Å²) in [5.41, 5.74) is 1.45. The average molecular weight is 307 g/mol. The molecule has 2 fully saturated rings. The van der Waals surface area contributed by atoms with Crippen molar-refractivity contribution in [1.82, 2.24) is 10.2 Å². The maximum Gasteiger partial charge on any atom is 0.0406 e. The molecule has 0 bridgehead atoms. The number of nitrogens with zero attached hydrogens (tertiary/aromatic N) is 1. The van der Waals surface area contributed by atoms with Crippen LogP contribution >= 0.6 is 11.6 Å². The summed E-state index contributed by atoms with van der Waals surface area (Å²) >= 11 is 5.95. The van der Waals surface area contributed by atoms with Crippen LogP contribution in [-0.4, -0.2) is 36.6 Å². The van der Waals surface area contributed by atoms with Crippen molar-refractivity contribution in [2.75, 3.05) is 19.6 Å². The fourth-order valence-electron chi connectivity index (χ4n) is 3.62. The van der Waals surface area contributed by atoms with E-state index in [1.54, 1.807) is 0 Å². The van der Waals surface area contributed by atoms with E-state index in [1.807, 2.05) is 12.1 Å². The summed E-state index contributed by atoms with van der Waals surface area (Å²) in [7, 11) is 0. The fourth-order valence-corrected chi connectivity index (χ4v) is 3.74. The van der Waals surface area contributed by atoms with E-state index >= 15 is 0 Å². The molecule has 1 saturated carbocycles. The number of benzene rings is 1. The lowest BCUT2D eigenvalue weighted by Gasteiger charge is -2.39. The number of hydrogen-bond acceptors (Lipinski definition) is 2. The molecule has 21 heavy (non-hydrogen) atoms. The van der Waals surface area contributed by atoms with Crippen LogP contribution in [0.1, 0.15) is 50.5 Å². The van der Waals surface area contributed by atoms with Gasteiger partial charge in [-0.15, -0.1) is 0 Å². The van der Waals surface area contributed by atoms with Crippen LogP contribution in [0.3, 0.4) is 0 Å². The molecular formula is C18H27ClN2. The van der Waals surface area contributed by atoms with Crippen molar-refractivity contribution in [2.24, 2.45) is 0 Å². The molecule has 1 aromatic carbocycles. The van der Waals surface area contributed by atoms with E-state index in [0.717, 1.165) is 17.5 Å². The van der Waals surface area contributed by atoms with Crippen LogP contribution < -0.4 is 5.32 Å². The SMILES string of the molecule is CC(CNC1CC(c2ccc(Cl)cc2)C1)N1CCCCC1. The zero-order valence-electron chi connectivity index (χ0n) is 13.0. The molecule has 1 unspecified atom stereocenters. The first-order valence-corrected chi connectivity index (χ1v) is 8.83. The van der Waals surface area contributed by atoms with Crippen LogP contribution in [-0.2, 0) is 0 Å². The third kappa shape index (κ3) is 4.00. The molecule has 1 N–H and O–H groups in total. The van der Waals surface area contributed by atoms with E-state index in [4.69, 9.17) is 11.6 Å². The van der Waals surface area contributed by atoms with Gasteiger partial charge in [-0.05, 0) is 69.3 Å². The zero-order chi connectivity index (χ0) is 14.7. The minimum absolute atomic E-state index is 0.680. The highest BCUT2D eigenvalue weighted by molar-refractivity contribution is 6.30. The van der Waals surface area contributed by atoms with Crippen LogP contribution in [0.5, 0.6) is 0 Å². The molecule has 0 radical (unpaired) electrons. The lowest BCUT2D eigenvalue weighted by atomic mass is 9.76. The first kappa shape index (κ1) is 15.3. The van der Waals surface area contributed by atoms with E-state index in [-0.39, 0.29) is 0 Å². The van der Waals surface area contributed by atoms with Crippen molar-refractivity contribution in [1.29, 1.82) is 0 Å². The second-order valence-electron chi connectivity index (χ2n) is 6.77. The van der Waals surface area contributed by atoms with Gasteiger partial charge in [-0.2, -0.15) is 0 Å². The van der Waals surface area contributed by atoms with Crippen LogP contribution in [0.2, 0.25) is 5.02 Å². The van der Waals surface area contributed by atoms with Gasteiger partial charge >= 0.3 is 0 Å². The maximum atomic E-state index is 5.95. The van der Waals surface area contributed by atoms with Gasteiger partial charge in [0.05, 0.1) is 0 Å².